The van der Waals surface area contributed by atoms with Gasteiger partial charge in [-0.15, -0.1) is 10.2 Å². The molecule has 2 aromatic carbocycles. The standard InChI is InChI=1S/C19H17N5/c1-15-6-2-3-7-16(15)11-23-12-17(10-22-24-13-20-21-14-24)18-8-4-5-9-19(18)23/h2-10,12-14H,11H2,1H3. The van der Waals surface area contributed by atoms with Gasteiger partial charge in [0.2, 0.25) is 0 Å². The first kappa shape index (κ1) is 14.4. The van der Waals surface area contributed by atoms with E-state index in [1.807, 2.05) is 6.21 Å². The fourth-order valence-corrected chi connectivity index (χ4v) is 2.86. The van der Waals surface area contributed by atoms with Gasteiger partial charge in [0.1, 0.15) is 12.7 Å². The van der Waals surface area contributed by atoms with E-state index in [9.17, 15) is 0 Å². The Morgan fingerprint density at radius 3 is 2.58 bits per heavy atom. The monoisotopic (exact) mass is 315 g/mol. The summed E-state index contributed by atoms with van der Waals surface area (Å²) in [6.07, 6.45) is 7.14. The largest absolute Gasteiger partial charge is 0.342 e. The van der Waals surface area contributed by atoms with E-state index < -0.39 is 0 Å². The topological polar surface area (TPSA) is 48.0 Å². The van der Waals surface area contributed by atoms with Crippen LogP contribution in [0.4, 0.5) is 0 Å². The van der Waals surface area contributed by atoms with Gasteiger partial charge in [-0.1, -0.05) is 42.5 Å². The van der Waals surface area contributed by atoms with Gasteiger partial charge in [-0.3, -0.25) is 0 Å². The van der Waals surface area contributed by atoms with E-state index >= 15 is 0 Å². The number of benzene rings is 2. The Balaban J connectivity index is 1.75. The first-order valence-corrected chi connectivity index (χ1v) is 7.82. The average Bonchev–Trinajstić information content (AvgIpc) is 3.24. The zero-order chi connectivity index (χ0) is 16.4. The highest BCUT2D eigenvalue weighted by Gasteiger charge is 2.08. The number of para-hydroxylation sites is 1. The van der Waals surface area contributed by atoms with Crippen LogP contribution in [0, 0.1) is 6.92 Å². The van der Waals surface area contributed by atoms with E-state index in [1.165, 1.54) is 22.0 Å². The molecule has 4 aromatic rings. The lowest BCUT2D eigenvalue weighted by atomic mass is 10.1. The highest BCUT2D eigenvalue weighted by atomic mass is 15.4. The fourth-order valence-electron chi connectivity index (χ4n) is 2.86. The van der Waals surface area contributed by atoms with Gasteiger partial charge in [-0.05, 0) is 24.1 Å². The molecule has 2 heterocycles. The minimum absolute atomic E-state index is 0.841. The van der Waals surface area contributed by atoms with Gasteiger partial charge in [0.15, 0.2) is 0 Å². The predicted octanol–water partition coefficient (Wildman–Crippen LogP) is 3.47. The van der Waals surface area contributed by atoms with E-state index in [0.29, 0.717) is 0 Å². The molecule has 0 atom stereocenters. The normalized spacial score (nSPS) is 11.5. The number of rotatable bonds is 4. The number of aryl methyl sites for hydroxylation is 1. The van der Waals surface area contributed by atoms with Crippen LogP contribution in [-0.2, 0) is 6.54 Å². The summed E-state index contributed by atoms with van der Waals surface area (Å²) in [4.78, 5) is 0. The lowest BCUT2D eigenvalue weighted by molar-refractivity contribution is 0.829. The van der Waals surface area contributed by atoms with Crippen LogP contribution < -0.4 is 0 Å². The molecule has 5 nitrogen and oxygen atoms in total. The van der Waals surface area contributed by atoms with Gasteiger partial charge in [-0.25, -0.2) is 4.68 Å². The summed E-state index contributed by atoms with van der Waals surface area (Å²) >= 11 is 0. The third kappa shape index (κ3) is 2.72. The number of hydrogen-bond acceptors (Lipinski definition) is 3. The van der Waals surface area contributed by atoms with Gasteiger partial charge in [-0.2, -0.15) is 5.10 Å². The maximum absolute atomic E-state index is 4.38. The second-order valence-corrected chi connectivity index (χ2v) is 5.74. The summed E-state index contributed by atoms with van der Waals surface area (Å²) in [5.74, 6) is 0. The van der Waals surface area contributed by atoms with Gasteiger partial charge in [0.25, 0.3) is 0 Å². The molecule has 0 bridgehead atoms. The quantitative estimate of drug-likeness (QED) is 0.541. The Hall–Kier alpha value is -3.21. The van der Waals surface area contributed by atoms with Crippen LogP contribution in [0.1, 0.15) is 16.7 Å². The lowest BCUT2D eigenvalue weighted by Crippen LogP contribution is -1.99. The van der Waals surface area contributed by atoms with Crippen LogP contribution in [0.2, 0.25) is 0 Å². The SMILES string of the molecule is Cc1ccccc1Cn1cc(C=Nn2cnnc2)c2ccccc21. The van der Waals surface area contributed by atoms with Crippen molar-refractivity contribution in [1.82, 2.24) is 19.4 Å². The number of fused-ring (bicyclic) bond motifs is 1. The first-order valence-electron chi connectivity index (χ1n) is 7.82. The fraction of sp³-hybridized carbons (Fsp3) is 0.105. The molecule has 4 rings (SSSR count). The molecule has 0 spiro atoms. The molecular formula is C19H17N5. The Bertz CT molecular complexity index is 996. The molecule has 0 saturated carbocycles. The van der Waals surface area contributed by atoms with Crippen molar-refractivity contribution < 1.29 is 0 Å². The van der Waals surface area contributed by atoms with Gasteiger partial charge < -0.3 is 4.57 Å². The highest BCUT2D eigenvalue weighted by Crippen LogP contribution is 2.22. The Labute approximate surface area is 139 Å². The minimum atomic E-state index is 0.841. The molecule has 0 N–H and O–H groups in total. The summed E-state index contributed by atoms with van der Waals surface area (Å²) in [5.41, 5.74) is 4.90. The van der Waals surface area contributed by atoms with Crippen LogP contribution in [0.15, 0.2) is 72.5 Å². The van der Waals surface area contributed by atoms with Crippen molar-refractivity contribution in [2.24, 2.45) is 5.10 Å². The molecule has 0 radical (unpaired) electrons. The molecule has 0 amide bonds. The van der Waals surface area contributed by atoms with E-state index in [1.54, 1.807) is 17.3 Å². The van der Waals surface area contributed by atoms with E-state index in [-0.39, 0.29) is 0 Å². The molecule has 24 heavy (non-hydrogen) atoms. The molecule has 0 aliphatic heterocycles. The number of hydrogen-bond donors (Lipinski definition) is 0. The number of nitrogens with zero attached hydrogens (tertiary/aromatic N) is 5. The second-order valence-electron chi connectivity index (χ2n) is 5.74. The van der Waals surface area contributed by atoms with E-state index in [4.69, 9.17) is 0 Å². The number of aromatic nitrogens is 4. The maximum atomic E-state index is 4.38. The zero-order valence-electron chi connectivity index (χ0n) is 13.4. The molecule has 0 fully saturated rings. The summed E-state index contributed by atoms with van der Waals surface area (Å²) in [5, 5.41) is 13.1. The first-order chi connectivity index (χ1) is 11.8. The predicted molar refractivity (Wildman–Crippen MR) is 95.2 cm³/mol. The summed E-state index contributed by atoms with van der Waals surface area (Å²) in [6.45, 7) is 2.99. The van der Waals surface area contributed by atoms with Crippen molar-refractivity contribution in [2.45, 2.75) is 13.5 Å². The molecular weight excluding hydrogens is 298 g/mol. The molecule has 5 heteroatoms. The van der Waals surface area contributed by atoms with Crippen molar-refractivity contribution in [2.75, 3.05) is 0 Å². The van der Waals surface area contributed by atoms with Gasteiger partial charge >= 0.3 is 0 Å². The van der Waals surface area contributed by atoms with Crippen LogP contribution in [0.25, 0.3) is 10.9 Å². The molecule has 0 aliphatic carbocycles. The Morgan fingerprint density at radius 1 is 1.00 bits per heavy atom. The average molecular weight is 315 g/mol. The zero-order valence-corrected chi connectivity index (χ0v) is 13.4. The maximum Gasteiger partial charge on any atom is 0.141 e. The minimum Gasteiger partial charge on any atom is -0.342 e. The van der Waals surface area contributed by atoms with Crippen molar-refractivity contribution in [3.63, 3.8) is 0 Å². The van der Waals surface area contributed by atoms with Crippen LogP contribution in [0.3, 0.4) is 0 Å². The van der Waals surface area contributed by atoms with Crippen molar-refractivity contribution >= 4 is 17.1 Å². The highest BCUT2D eigenvalue weighted by molar-refractivity contribution is 5.99. The van der Waals surface area contributed by atoms with Gasteiger partial charge in [0, 0.05) is 29.2 Å². The second kappa shape index (κ2) is 6.12. The molecule has 0 saturated heterocycles. The Morgan fingerprint density at radius 2 is 1.75 bits per heavy atom. The van der Waals surface area contributed by atoms with E-state index in [2.05, 4.69) is 81.5 Å². The van der Waals surface area contributed by atoms with Crippen LogP contribution in [0.5, 0.6) is 0 Å². The summed E-state index contributed by atoms with van der Waals surface area (Å²) in [6, 6.07) is 16.9. The molecule has 0 aliphatic rings. The van der Waals surface area contributed by atoms with Crippen LogP contribution in [-0.4, -0.2) is 25.7 Å². The lowest BCUT2D eigenvalue weighted by Gasteiger charge is -2.08. The summed E-state index contributed by atoms with van der Waals surface area (Å²) < 4.78 is 3.86. The third-order valence-electron chi connectivity index (χ3n) is 4.16. The van der Waals surface area contributed by atoms with Crippen LogP contribution >= 0.6 is 0 Å². The van der Waals surface area contributed by atoms with Crippen molar-refractivity contribution in [3.8, 4) is 0 Å². The third-order valence-corrected chi connectivity index (χ3v) is 4.16. The molecule has 0 unspecified atom stereocenters. The van der Waals surface area contributed by atoms with Crippen molar-refractivity contribution in [1.29, 1.82) is 0 Å². The molecule has 2 aromatic heterocycles. The molecule has 118 valence electrons. The van der Waals surface area contributed by atoms with Gasteiger partial charge in [0.05, 0.1) is 6.21 Å². The van der Waals surface area contributed by atoms with E-state index in [0.717, 1.165) is 12.1 Å². The van der Waals surface area contributed by atoms with Crippen molar-refractivity contribution in [3.05, 3.63) is 84.1 Å². The smallest absolute Gasteiger partial charge is 0.141 e. The summed E-state index contributed by atoms with van der Waals surface area (Å²) in [7, 11) is 0. The Kier molecular flexibility index (Phi) is 3.67.